The van der Waals surface area contributed by atoms with Gasteiger partial charge in [0.25, 0.3) is 0 Å². The van der Waals surface area contributed by atoms with Crippen LogP contribution in [0.2, 0.25) is 0 Å². The molecule has 82 valence electrons. The van der Waals surface area contributed by atoms with Gasteiger partial charge in [-0.3, -0.25) is 4.79 Å². The zero-order valence-electron chi connectivity index (χ0n) is 8.93. The van der Waals surface area contributed by atoms with Gasteiger partial charge in [0, 0.05) is 24.0 Å². The standard InChI is InChI=1S/C10H15N3O2/c1-3-15-10(14)4-9(11)8-5-12-7(2)13-6-8/h5-6,9H,3-4,11H2,1-2H3/t9-/m0/s1. The Bertz CT molecular complexity index is 324. The normalized spacial score (nSPS) is 12.2. The van der Waals surface area contributed by atoms with Crippen molar-refractivity contribution in [1.82, 2.24) is 9.97 Å². The monoisotopic (exact) mass is 209 g/mol. The minimum atomic E-state index is -0.398. The lowest BCUT2D eigenvalue weighted by atomic mass is 10.1. The van der Waals surface area contributed by atoms with Crippen LogP contribution in [0.5, 0.6) is 0 Å². The smallest absolute Gasteiger partial charge is 0.307 e. The third kappa shape index (κ3) is 3.63. The van der Waals surface area contributed by atoms with Crippen molar-refractivity contribution < 1.29 is 9.53 Å². The Labute approximate surface area is 88.7 Å². The van der Waals surface area contributed by atoms with Gasteiger partial charge in [-0.1, -0.05) is 0 Å². The fraction of sp³-hybridized carbons (Fsp3) is 0.500. The fourth-order valence-corrected chi connectivity index (χ4v) is 1.11. The average Bonchev–Trinajstić information content (AvgIpc) is 2.18. The quantitative estimate of drug-likeness (QED) is 0.740. The molecule has 0 unspecified atom stereocenters. The third-order valence-electron chi connectivity index (χ3n) is 1.92. The number of carbonyl (C=O) groups is 1. The zero-order valence-corrected chi connectivity index (χ0v) is 8.93. The molecule has 0 saturated carbocycles. The summed E-state index contributed by atoms with van der Waals surface area (Å²) in [6.45, 7) is 3.93. The van der Waals surface area contributed by atoms with E-state index in [1.165, 1.54) is 0 Å². The number of nitrogens with two attached hydrogens (primary N) is 1. The van der Waals surface area contributed by atoms with Gasteiger partial charge >= 0.3 is 5.97 Å². The van der Waals surface area contributed by atoms with Crippen LogP contribution in [-0.2, 0) is 9.53 Å². The molecule has 5 heteroatoms. The summed E-state index contributed by atoms with van der Waals surface area (Å²) < 4.78 is 4.80. The molecular formula is C10H15N3O2. The number of ether oxygens (including phenoxy) is 1. The van der Waals surface area contributed by atoms with Crippen LogP contribution in [0.1, 0.15) is 30.8 Å². The van der Waals surface area contributed by atoms with E-state index in [9.17, 15) is 4.79 Å². The van der Waals surface area contributed by atoms with Crippen molar-refractivity contribution in [3.63, 3.8) is 0 Å². The summed E-state index contributed by atoms with van der Waals surface area (Å²) in [5, 5.41) is 0. The van der Waals surface area contributed by atoms with Crippen LogP contribution in [0.15, 0.2) is 12.4 Å². The van der Waals surface area contributed by atoms with Crippen LogP contribution in [0.3, 0.4) is 0 Å². The molecule has 0 spiro atoms. The van der Waals surface area contributed by atoms with E-state index in [1.807, 2.05) is 0 Å². The lowest BCUT2D eigenvalue weighted by Gasteiger charge is -2.10. The number of aromatic nitrogens is 2. The summed E-state index contributed by atoms with van der Waals surface area (Å²) in [5.41, 5.74) is 6.54. The molecule has 0 aliphatic heterocycles. The van der Waals surface area contributed by atoms with Crippen molar-refractivity contribution in [1.29, 1.82) is 0 Å². The molecule has 0 aliphatic rings. The lowest BCUT2D eigenvalue weighted by molar-refractivity contribution is -0.143. The molecule has 1 heterocycles. The Morgan fingerprint density at radius 3 is 2.67 bits per heavy atom. The number of aryl methyl sites for hydroxylation is 1. The Kier molecular flexibility index (Phi) is 4.17. The van der Waals surface area contributed by atoms with Gasteiger partial charge in [-0.2, -0.15) is 0 Å². The number of hydrogen-bond donors (Lipinski definition) is 1. The van der Waals surface area contributed by atoms with Crippen molar-refractivity contribution in [2.24, 2.45) is 5.73 Å². The van der Waals surface area contributed by atoms with Gasteiger partial charge in [0.2, 0.25) is 0 Å². The highest BCUT2D eigenvalue weighted by Crippen LogP contribution is 2.12. The van der Waals surface area contributed by atoms with E-state index in [1.54, 1.807) is 26.2 Å². The number of hydrogen-bond acceptors (Lipinski definition) is 5. The van der Waals surface area contributed by atoms with E-state index in [0.29, 0.717) is 12.4 Å². The Morgan fingerprint density at radius 1 is 1.53 bits per heavy atom. The minimum Gasteiger partial charge on any atom is -0.466 e. The van der Waals surface area contributed by atoms with Gasteiger partial charge in [-0.15, -0.1) is 0 Å². The minimum absolute atomic E-state index is 0.153. The van der Waals surface area contributed by atoms with Gasteiger partial charge in [-0.05, 0) is 13.8 Å². The van der Waals surface area contributed by atoms with Crippen LogP contribution in [0.4, 0.5) is 0 Å². The number of rotatable bonds is 4. The van der Waals surface area contributed by atoms with E-state index in [-0.39, 0.29) is 12.4 Å². The highest BCUT2D eigenvalue weighted by atomic mass is 16.5. The molecule has 1 rings (SSSR count). The predicted octanol–water partition coefficient (Wildman–Crippen LogP) is 0.738. The second-order valence-electron chi connectivity index (χ2n) is 3.18. The van der Waals surface area contributed by atoms with Crippen molar-refractivity contribution in [3.05, 3.63) is 23.8 Å². The van der Waals surface area contributed by atoms with Gasteiger partial charge in [0.15, 0.2) is 0 Å². The van der Waals surface area contributed by atoms with E-state index in [0.717, 1.165) is 5.56 Å². The fourth-order valence-electron chi connectivity index (χ4n) is 1.11. The molecule has 5 nitrogen and oxygen atoms in total. The summed E-state index contributed by atoms with van der Waals surface area (Å²) in [6.07, 6.45) is 3.42. The number of esters is 1. The van der Waals surface area contributed by atoms with Crippen molar-refractivity contribution in [2.75, 3.05) is 6.61 Å². The molecule has 1 aromatic rings. The average molecular weight is 209 g/mol. The maximum absolute atomic E-state index is 11.2. The van der Waals surface area contributed by atoms with Gasteiger partial charge in [0.1, 0.15) is 5.82 Å². The van der Waals surface area contributed by atoms with Crippen LogP contribution >= 0.6 is 0 Å². The first-order valence-electron chi connectivity index (χ1n) is 4.83. The molecule has 0 aliphatic carbocycles. The lowest BCUT2D eigenvalue weighted by Crippen LogP contribution is -2.17. The Hall–Kier alpha value is -1.49. The molecule has 0 radical (unpaired) electrons. The van der Waals surface area contributed by atoms with E-state index >= 15 is 0 Å². The largest absolute Gasteiger partial charge is 0.466 e. The summed E-state index contributed by atoms with van der Waals surface area (Å²) in [7, 11) is 0. The van der Waals surface area contributed by atoms with Crippen molar-refractivity contribution in [3.8, 4) is 0 Å². The molecule has 15 heavy (non-hydrogen) atoms. The summed E-state index contributed by atoms with van der Waals surface area (Å²) in [6, 6.07) is -0.398. The van der Waals surface area contributed by atoms with Gasteiger partial charge < -0.3 is 10.5 Å². The zero-order chi connectivity index (χ0) is 11.3. The van der Waals surface area contributed by atoms with E-state index in [2.05, 4.69) is 9.97 Å². The molecular weight excluding hydrogens is 194 g/mol. The molecule has 1 aromatic heterocycles. The summed E-state index contributed by atoms with van der Waals surface area (Å²) >= 11 is 0. The van der Waals surface area contributed by atoms with Gasteiger partial charge in [-0.25, -0.2) is 9.97 Å². The second kappa shape index (κ2) is 5.41. The van der Waals surface area contributed by atoms with Crippen LogP contribution in [-0.4, -0.2) is 22.5 Å². The number of nitrogens with zero attached hydrogens (tertiary/aromatic N) is 2. The molecule has 2 N–H and O–H groups in total. The van der Waals surface area contributed by atoms with E-state index < -0.39 is 6.04 Å². The molecule has 0 amide bonds. The maximum Gasteiger partial charge on any atom is 0.307 e. The maximum atomic E-state index is 11.2. The van der Waals surface area contributed by atoms with Gasteiger partial charge in [0.05, 0.1) is 13.0 Å². The molecule has 0 aromatic carbocycles. The first kappa shape index (κ1) is 11.6. The Morgan fingerprint density at radius 2 is 2.13 bits per heavy atom. The number of carbonyl (C=O) groups excluding carboxylic acids is 1. The third-order valence-corrected chi connectivity index (χ3v) is 1.92. The summed E-state index contributed by atoms with van der Waals surface area (Å²) in [5.74, 6) is 0.382. The van der Waals surface area contributed by atoms with Crippen molar-refractivity contribution in [2.45, 2.75) is 26.3 Å². The SMILES string of the molecule is CCOC(=O)C[C@H](N)c1cnc(C)nc1. The van der Waals surface area contributed by atoms with Crippen LogP contribution in [0.25, 0.3) is 0 Å². The van der Waals surface area contributed by atoms with E-state index in [4.69, 9.17) is 10.5 Å². The second-order valence-corrected chi connectivity index (χ2v) is 3.18. The predicted molar refractivity (Wildman–Crippen MR) is 54.9 cm³/mol. The highest BCUT2D eigenvalue weighted by molar-refractivity contribution is 5.70. The van der Waals surface area contributed by atoms with Crippen LogP contribution in [0, 0.1) is 6.92 Å². The highest BCUT2D eigenvalue weighted by Gasteiger charge is 2.12. The van der Waals surface area contributed by atoms with Crippen LogP contribution < -0.4 is 5.73 Å². The topological polar surface area (TPSA) is 78.1 Å². The molecule has 0 bridgehead atoms. The Balaban J connectivity index is 2.57. The molecule has 0 saturated heterocycles. The first-order chi connectivity index (χ1) is 7.13. The summed E-state index contributed by atoms with van der Waals surface area (Å²) in [4.78, 5) is 19.2. The van der Waals surface area contributed by atoms with Crippen molar-refractivity contribution >= 4 is 5.97 Å². The molecule has 0 fully saturated rings. The molecule has 1 atom stereocenters. The first-order valence-corrected chi connectivity index (χ1v) is 4.83.